The van der Waals surface area contributed by atoms with E-state index in [1.54, 1.807) is 32.9 Å². The van der Waals surface area contributed by atoms with Crippen molar-refractivity contribution in [2.45, 2.75) is 39.7 Å². The number of hydrogen-bond donors (Lipinski definition) is 2. The Hall–Kier alpha value is -2.23. The highest BCUT2D eigenvalue weighted by molar-refractivity contribution is 5.94. The first kappa shape index (κ1) is 16.8. The first-order valence-corrected chi connectivity index (χ1v) is 6.79. The predicted molar refractivity (Wildman–Crippen MR) is 83.3 cm³/mol. The lowest BCUT2D eigenvalue weighted by molar-refractivity contribution is 0.0692. The maximum absolute atomic E-state index is 11.3. The zero-order chi connectivity index (χ0) is 16.2. The van der Waals surface area contributed by atoms with Gasteiger partial charge in [0.1, 0.15) is 23.2 Å². The Labute approximate surface area is 125 Å². The SMILES string of the molecule is C=CCC(CC=C)Oc1c(C)c(C)c(C(=O)O)c(O)c1C. The third-order valence-corrected chi connectivity index (χ3v) is 3.57. The molecule has 4 heteroatoms. The standard InChI is InChI=1S/C17H22O4/c1-6-8-13(9-7-2)21-16-11(4)10(3)14(17(19)20)15(18)12(16)5/h6-7,13,18H,1-2,8-9H2,3-5H3,(H,19,20). The average molecular weight is 290 g/mol. The van der Waals surface area contributed by atoms with Gasteiger partial charge in [-0.15, -0.1) is 13.2 Å². The van der Waals surface area contributed by atoms with E-state index in [4.69, 9.17) is 4.74 Å². The van der Waals surface area contributed by atoms with Crippen molar-refractivity contribution in [2.24, 2.45) is 0 Å². The van der Waals surface area contributed by atoms with E-state index in [0.29, 0.717) is 29.7 Å². The average Bonchev–Trinajstić information content (AvgIpc) is 2.41. The van der Waals surface area contributed by atoms with Gasteiger partial charge in [0.15, 0.2) is 0 Å². The Kier molecular flexibility index (Phi) is 5.59. The molecule has 0 heterocycles. The first-order valence-electron chi connectivity index (χ1n) is 6.79. The molecule has 0 amide bonds. The van der Waals surface area contributed by atoms with Crippen LogP contribution < -0.4 is 4.74 Å². The van der Waals surface area contributed by atoms with E-state index in [2.05, 4.69) is 13.2 Å². The van der Waals surface area contributed by atoms with E-state index in [1.807, 2.05) is 0 Å². The summed E-state index contributed by atoms with van der Waals surface area (Å²) in [5.41, 5.74) is 1.60. The molecule has 21 heavy (non-hydrogen) atoms. The fraction of sp³-hybridized carbons (Fsp3) is 0.353. The van der Waals surface area contributed by atoms with Gasteiger partial charge in [-0.1, -0.05) is 12.2 Å². The van der Waals surface area contributed by atoms with Gasteiger partial charge in [0.2, 0.25) is 0 Å². The summed E-state index contributed by atoms with van der Waals surface area (Å²) in [6.45, 7) is 12.5. The highest BCUT2D eigenvalue weighted by Gasteiger charge is 2.23. The maximum atomic E-state index is 11.3. The molecule has 0 spiro atoms. The van der Waals surface area contributed by atoms with Crippen molar-refractivity contribution >= 4 is 5.97 Å². The summed E-state index contributed by atoms with van der Waals surface area (Å²) in [6.07, 6.45) is 4.68. The molecule has 0 aliphatic heterocycles. The highest BCUT2D eigenvalue weighted by Crippen LogP contribution is 2.38. The lowest BCUT2D eigenvalue weighted by atomic mass is 9.97. The normalized spacial score (nSPS) is 10.5. The van der Waals surface area contributed by atoms with Gasteiger partial charge in [0, 0.05) is 18.4 Å². The van der Waals surface area contributed by atoms with Gasteiger partial charge in [-0.05, 0) is 31.9 Å². The summed E-state index contributed by atoms with van der Waals surface area (Å²) in [6, 6.07) is 0. The van der Waals surface area contributed by atoms with Crippen molar-refractivity contribution in [1.29, 1.82) is 0 Å². The van der Waals surface area contributed by atoms with E-state index in [-0.39, 0.29) is 17.4 Å². The van der Waals surface area contributed by atoms with E-state index < -0.39 is 5.97 Å². The fourth-order valence-electron chi connectivity index (χ4n) is 2.28. The van der Waals surface area contributed by atoms with Crippen LogP contribution in [0.3, 0.4) is 0 Å². The Morgan fingerprint density at radius 3 is 2.10 bits per heavy atom. The van der Waals surface area contributed by atoms with Gasteiger partial charge in [-0.2, -0.15) is 0 Å². The number of hydrogen-bond acceptors (Lipinski definition) is 3. The fourth-order valence-corrected chi connectivity index (χ4v) is 2.28. The molecule has 114 valence electrons. The number of aromatic carboxylic acids is 1. The second kappa shape index (κ2) is 6.97. The quantitative estimate of drug-likeness (QED) is 0.747. The van der Waals surface area contributed by atoms with Crippen molar-refractivity contribution in [3.8, 4) is 11.5 Å². The summed E-state index contributed by atoms with van der Waals surface area (Å²) in [4.78, 5) is 11.3. The Balaban J connectivity index is 3.34. The third kappa shape index (κ3) is 3.45. The summed E-state index contributed by atoms with van der Waals surface area (Å²) < 4.78 is 5.96. The van der Waals surface area contributed by atoms with Crippen LogP contribution in [0, 0.1) is 20.8 Å². The summed E-state index contributed by atoms with van der Waals surface area (Å²) in [5, 5.41) is 19.3. The van der Waals surface area contributed by atoms with Crippen molar-refractivity contribution in [3.63, 3.8) is 0 Å². The predicted octanol–water partition coefficient (Wildman–Crippen LogP) is 3.92. The molecule has 1 aromatic carbocycles. The first-order chi connectivity index (χ1) is 9.84. The molecule has 0 aliphatic carbocycles. The molecule has 4 nitrogen and oxygen atoms in total. The smallest absolute Gasteiger partial charge is 0.339 e. The molecule has 0 atom stereocenters. The molecule has 0 saturated carbocycles. The highest BCUT2D eigenvalue weighted by atomic mass is 16.5. The zero-order valence-corrected chi connectivity index (χ0v) is 12.8. The van der Waals surface area contributed by atoms with Crippen LogP contribution in [-0.4, -0.2) is 22.3 Å². The van der Waals surface area contributed by atoms with Crippen LogP contribution in [0.5, 0.6) is 11.5 Å². The monoisotopic (exact) mass is 290 g/mol. The van der Waals surface area contributed by atoms with Crippen LogP contribution in [0.1, 0.15) is 39.9 Å². The molecule has 2 N–H and O–H groups in total. The van der Waals surface area contributed by atoms with E-state index >= 15 is 0 Å². The van der Waals surface area contributed by atoms with Gasteiger partial charge < -0.3 is 14.9 Å². The van der Waals surface area contributed by atoms with Crippen LogP contribution in [0.2, 0.25) is 0 Å². The van der Waals surface area contributed by atoms with Crippen molar-refractivity contribution in [2.75, 3.05) is 0 Å². The topological polar surface area (TPSA) is 66.8 Å². The Morgan fingerprint density at radius 1 is 1.14 bits per heavy atom. The Bertz CT molecular complexity index is 534. The molecule has 0 bridgehead atoms. The number of ether oxygens (including phenoxy) is 1. The van der Waals surface area contributed by atoms with Crippen LogP contribution >= 0.6 is 0 Å². The van der Waals surface area contributed by atoms with E-state index in [9.17, 15) is 15.0 Å². The van der Waals surface area contributed by atoms with Crippen LogP contribution in [0.25, 0.3) is 0 Å². The third-order valence-electron chi connectivity index (χ3n) is 3.57. The molecule has 0 fully saturated rings. The molecule has 0 aromatic heterocycles. The number of carbonyl (C=O) groups is 1. The van der Waals surface area contributed by atoms with Gasteiger partial charge in [-0.3, -0.25) is 0 Å². The number of carboxylic acids is 1. The molecule has 0 unspecified atom stereocenters. The summed E-state index contributed by atoms with van der Waals surface area (Å²) >= 11 is 0. The number of carboxylic acid groups (broad SMARTS) is 1. The van der Waals surface area contributed by atoms with E-state index in [0.717, 1.165) is 5.56 Å². The van der Waals surface area contributed by atoms with Crippen molar-refractivity contribution < 1.29 is 19.7 Å². The van der Waals surface area contributed by atoms with Gasteiger partial charge >= 0.3 is 5.97 Å². The van der Waals surface area contributed by atoms with Crippen LogP contribution in [0.4, 0.5) is 0 Å². The molecule has 0 saturated heterocycles. The maximum Gasteiger partial charge on any atom is 0.339 e. The molecular formula is C17H22O4. The van der Waals surface area contributed by atoms with Crippen LogP contribution in [-0.2, 0) is 0 Å². The zero-order valence-electron chi connectivity index (χ0n) is 12.8. The number of aromatic hydroxyl groups is 1. The second-order valence-electron chi connectivity index (χ2n) is 5.02. The van der Waals surface area contributed by atoms with Crippen molar-refractivity contribution in [1.82, 2.24) is 0 Å². The summed E-state index contributed by atoms with van der Waals surface area (Å²) in [5.74, 6) is -0.850. The molecular weight excluding hydrogens is 268 g/mol. The summed E-state index contributed by atoms with van der Waals surface area (Å²) in [7, 11) is 0. The van der Waals surface area contributed by atoms with Crippen LogP contribution in [0.15, 0.2) is 25.3 Å². The molecule has 0 radical (unpaired) electrons. The Morgan fingerprint density at radius 2 is 1.67 bits per heavy atom. The minimum absolute atomic E-state index is 0.0682. The lowest BCUT2D eigenvalue weighted by Crippen LogP contribution is -2.17. The van der Waals surface area contributed by atoms with Crippen molar-refractivity contribution in [3.05, 3.63) is 47.6 Å². The number of benzene rings is 1. The molecule has 1 rings (SSSR count). The minimum Gasteiger partial charge on any atom is -0.507 e. The van der Waals surface area contributed by atoms with Gasteiger partial charge in [0.05, 0.1) is 0 Å². The number of rotatable bonds is 7. The minimum atomic E-state index is -1.14. The largest absolute Gasteiger partial charge is 0.507 e. The molecule has 0 aliphatic rings. The van der Waals surface area contributed by atoms with Gasteiger partial charge in [-0.25, -0.2) is 4.79 Å². The lowest BCUT2D eigenvalue weighted by Gasteiger charge is -2.22. The molecule has 1 aromatic rings. The van der Waals surface area contributed by atoms with E-state index in [1.165, 1.54) is 0 Å². The number of phenols is 1. The van der Waals surface area contributed by atoms with Gasteiger partial charge in [0.25, 0.3) is 0 Å². The second-order valence-corrected chi connectivity index (χ2v) is 5.02.